The van der Waals surface area contributed by atoms with Crippen LogP contribution in [0.4, 0.5) is 0 Å². The van der Waals surface area contributed by atoms with Crippen LogP contribution in [0.25, 0.3) is 0 Å². The Hall–Kier alpha value is -1.45. The molecule has 1 saturated heterocycles. The highest BCUT2D eigenvalue weighted by Crippen LogP contribution is 2.18. The molecule has 1 aromatic rings. The molecule has 1 aromatic carbocycles. The first kappa shape index (κ1) is 18.9. The van der Waals surface area contributed by atoms with Gasteiger partial charge in [0.15, 0.2) is 9.84 Å². The molecule has 0 unspecified atom stereocenters. The van der Waals surface area contributed by atoms with Gasteiger partial charge in [0.05, 0.1) is 16.4 Å². The molecule has 1 aliphatic heterocycles. The number of rotatable bonds is 5. The molecule has 0 aromatic heterocycles. The lowest BCUT2D eigenvalue weighted by molar-refractivity contribution is 0.0770. The van der Waals surface area contributed by atoms with E-state index in [-0.39, 0.29) is 41.0 Å². The Morgan fingerprint density at radius 2 is 1.75 bits per heavy atom. The second-order valence-corrected chi connectivity index (χ2v) is 9.80. The number of benzene rings is 1. The van der Waals surface area contributed by atoms with Crippen LogP contribution in [0.2, 0.25) is 0 Å². The molecule has 9 heteroatoms. The van der Waals surface area contributed by atoms with Gasteiger partial charge in [-0.1, -0.05) is 19.9 Å². The third-order valence-corrected chi connectivity index (χ3v) is 7.71. The van der Waals surface area contributed by atoms with Crippen LogP contribution in [0.3, 0.4) is 0 Å². The Morgan fingerprint density at radius 1 is 1.17 bits per heavy atom. The predicted molar refractivity (Wildman–Crippen MR) is 91.1 cm³/mol. The number of sulfone groups is 1. The van der Waals surface area contributed by atoms with Crippen molar-refractivity contribution in [2.24, 2.45) is 0 Å². The lowest BCUT2D eigenvalue weighted by Gasteiger charge is -2.27. The van der Waals surface area contributed by atoms with Gasteiger partial charge in [0, 0.05) is 31.7 Å². The van der Waals surface area contributed by atoms with Crippen molar-refractivity contribution in [1.82, 2.24) is 9.21 Å². The fourth-order valence-corrected chi connectivity index (χ4v) is 5.31. The third-order valence-electron chi connectivity index (χ3n) is 4.06. The van der Waals surface area contributed by atoms with Gasteiger partial charge >= 0.3 is 0 Å². The number of carbonyl (C=O) groups is 1. The lowest BCUT2D eigenvalue weighted by atomic mass is 10.2. The van der Waals surface area contributed by atoms with E-state index in [1.165, 1.54) is 27.4 Å². The Labute approximate surface area is 143 Å². The number of carbonyl (C=O) groups excluding carboxylic acids is 1. The highest BCUT2D eigenvalue weighted by atomic mass is 32.2. The first-order valence-corrected chi connectivity index (χ1v) is 11.1. The minimum atomic E-state index is -3.64. The van der Waals surface area contributed by atoms with Gasteiger partial charge < -0.3 is 4.90 Å². The van der Waals surface area contributed by atoms with Crippen molar-refractivity contribution in [3.63, 3.8) is 0 Å². The van der Waals surface area contributed by atoms with E-state index in [1.807, 2.05) is 0 Å². The first-order chi connectivity index (χ1) is 11.2. The molecule has 7 nitrogen and oxygen atoms in total. The molecule has 0 spiro atoms. The van der Waals surface area contributed by atoms with Gasteiger partial charge in [-0.3, -0.25) is 4.79 Å². The maximum atomic E-state index is 12.6. The molecular formula is C15H22N2O5S2. The van der Waals surface area contributed by atoms with Crippen molar-refractivity contribution in [2.45, 2.75) is 18.7 Å². The van der Waals surface area contributed by atoms with Crippen molar-refractivity contribution < 1.29 is 21.6 Å². The summed E-state index contributed by atoms with van der Waals surface area (Å²) in [7, 11) is -6.72. The highest BCUT2D eigenvalue weighted by molar-refractivity contribution is 7.91. The Kier molecular flexibility index (Phi) is 5.67. The summed E-state index contributed by atoms with van der Waals surface area (Å²) in [5, 5.41) is 0. The zero-order valence-electron chi connectivity index (χ0n) is 13.8. The molecule has 0 bridgehead atoms. The maximum absolute atomic E-state index is 12.6. The predicted octanol–water partition coefficient (Wildman–Crippen LogP) is 0.588. The zero-order chi connectivity index (χ0) is 18.0. The fourth-order valence-electron chi connectivity index (χ4n) is 2.60. The molecule has 0 N–H and O–H groups in total. The third kappa shape index (κ3) is 3.96. The van der Waals surface area contributed by atoms with Crippen molar-refractivity contribution in [3.05, 3.63) is 29.8 Å². The summed E-state index contributed by atoms with van der Waals surface area (Å²) in [6.45, 7) is 4.47. The topological polar surface area (TPSA) is 91.8 Å². The van der Waals surface area contributed by atoms with Gasteiger partial charge in [0.1, 0.15) is 0 Å². The number of sulfonamides is 1. The summed E-state index contributed by atoms with van der Waals surface area (Å²) in [5.41, 5.74) is 0.252. The molecular weight excluding hydrogens is 352 g/mol. The fraction of sp³-hybridized carbons (Fsp3) is 0.533. The first-order valence-electron chi connectivity index (χ1n) is 7.81. The molecule has 0 aliphatic carbocycles. The summed E-state index contributed by atoms with van der Waals surface area (Å²) in [5.74, 6) is -0.465. The Morgan fingerprint density at radius 3 is 2.29 bits per heavy atom. The maximum Gasteiger partial charge on any atom is 0.253 e. The van der Waals surface area contributed by atoms with Gasteiger partial charge in [-0.2, -0.15) is 4.31 Å². The van der Waals surface area contributed by atoms with Crippen LogP contribution in [0.1, 0.15) is 24.2 Å². The van der Waals surface area contributed by atoms with Crippen molar-refractivity contribution >= 4 is 25.8 Å². The van der Waals surface area contributed by atoms with Crippen LogP contribution >= 0.6 is 0 Å². The monoisotopic (exact) mass is 374 g/mol. The quantitative estimate of drug-likeness (QED) is 0.752. The molecule has 0 saturated carbocycles. The largest absolute Gasteiger partial charge is 0.337 e. The van der Waals surface area contributed by atoms with Gasteiger partial charge in [0.25, 0.3) is 5.91 Å². The summed E-state index contributed by atoms with van der Waals surface area (Å²) in [6.07, 6.45) is 0. The van der Waals surface area contributed by atoms with Gasteiger partial charge in [-0.25, -0.2) is 16.8 Å². The van der Waals surface area contributed by atoms with Crippen LogP contribution in [0.5, 0.6) is 0 Å². The van der Waals surface area contributed by atoms with E-state index < -0.39 is 19.9 Å². The normalized spacial score (nSPS) is 17.9. The van der Waals surface area contributed by atoms with E-state index in [4.69, 9.17) is 0 Å². The minimum absolute atomic E-state index is 0.0593. The van der Waals surface area contributed by atoms with Crippen LogP contribution in [-0.2, 0) is 19.9 Å². The van der Waals surface area contributed by atoms with Gasteiger partial charge in [-0.15, -0.1) is 0 Å². The summed E-state index contributed by atoms with van der Waals surface area (Å²) >= 11 is 0. The summed E-state index contributed by atoms with van der Waals surface area (Å²) in [6, 6.07) is 5.90. The number of hydrogen-bond acceptors (Lipinski definition) is 5. The van der Waals surface area contributed by atoms with Crippen molar-refractivity contribution in [2.75, 3.05) is 37.7 Å². The second kappa shape index (κ2) is 7.20. The van der Waals surface area contributed by atoms with Crippen LogP contribution in [-0.4, -0.2) is 69.6 Å². The highest BCUT2D eigenvalue weighted by Gasteiger charge is 2.27. The van der Waals surface area contributed by atoms with Crippen LogP contribution in [0.15, 0.2) is 29.2 Å². The van der Waals surface area contributed by atoms with Crippen molar-refractivity contribution in [1.29, 1.82) is 0 Å². The molecule has 1 fully saturated rings. The Bertz CT molecular complexity index is 800. The molecule has 1 amide bonds. The lowest BCUT2D eigenvalue weighted by Crippen LogP contribution is -2.43. The molecule has 1 heterocycles. The molecule has 1 aliphatic rings. The standard InChI is InChI=1S/C15H22N2O5S2/c1-3-17(4-2)24(21,22)14-7-5-6-13(12-14)15(18)16-8-10-23(19,20)11-9-16/h5-7,12H,3-4,8-11H2,1-2H3. The number of nitrogens with zero attached hydrogens (tertiary/aromatic N) is 2. The van der Waals surface area contributed by atoms with Crippen molar-refractivity contribution in [3.8, 4) is 0 Å². The van der Waals surface area contributed by atoms with Gasteiger partial charge in [0.2, 0.25) is 10.0 Å². The molecule has 0 radical (unpaired) electrons. The van der Waals surface area contributed by atoms with E-state index in [9.17, 15) is 21.6 Å². The molecule has 24 heavy (non-hydrogen) atoms. The van der Waals surface area contributed by atoms with E-state index in [2.05, 4.69) is 0 Å². The average molecular weight is 374 g/mol. The molecule has 134 valence electrons. The average Bonchev–Trinajstić information content (AvgIpc) is 2.55. The summed E-state index contributed by atoms with van der Waals surface area (Å²) in [4.78, 5) is 14.0. The smallest absolute Gasteiger partial charge is 0.253 e. The number of hydrogen-bond donors (Lipinski definition) is 0. The van der Waals surface area contributed by atoms with Crippen LogP contribution < -0.4 is 0 Å². The number of amides is 1. The molecule has 0 atom stereocenters. The van der Waals surface area contributed by atoms with E-state index >= 15 is 0 Å². The summed E-state index contributed by atoms with van der Waals surface area (Å²) < 4.78 is 49.3. The molecule has 2 rings (SSSR count). The second-order valence-electron chi connectivity index (χ2n) is 5.56. The van der Waals surface area contributed by atoms with E-state index in [0.29, 0.717) is 13.1 Å². The minimum Gasteiger partial charge on any atom is -0.337 e. The SMILES string of the molecule is CCN(CC)S(=O)(=O)c1cccc(C(=O)N2CCS(=O)(=O)CC2)c1. The van der Waals surface area contributed by atoms with E-state index in [0.717, 1.165) is 0 Å². The van der Waals surface area contributed by atoms with Crippen LogP contribution in [0, 0.1) is 0 Å². The van der Waals surface area contributed by atoms with E-state index in [1.54, 1.807) is 19.9 Å². The van der Waals surface area contributed by atoms with Gasteiger partial charge in [-0.05, 0) is 18.2 Å². The zero-order valence-corrected chi connectivity index (χ0v) is 15.4. The Balaban J connectivity index is 2.26.